The number of carbonyl (C=O) groups excluding carboxylic acids is 4. The van der Waals surface area contributed by atoms with Crippen LogP contribution in [0.15, 0.2) is 0 Å². The van der Waals surface area contributed by atoms with Crippen LogP contribution in [0.5, 0.6) is 0 Å². The molecule has 8 aliphatic rings. The van der Waals surface area contributed by atoms with Crippen LogP contribution in [0.3, 0.4) is 0 Å². The van der Waals surface area contributed by atoms with Crippen LogP contribution in [0, 0.1) is 63.6 Å². The van der Waals surface area contributed by atoms with Crippen molar-refractivity contribution in [3.63, 3.8) is 0 Å². The zero-order valence-electron chi connectivity index (χ0n) is 30.3. The molecular weight excluding hydrogens is 652 g/mol. The van der Waals surface area contributed by atoms with Crippen LogP contribution in [-0.2, 0) is 47.6 Å². The van der Waals surface area contributed by atoms with E-state index < -0.39 is 124 Å². The standard InChI is InChI=1S/C37H52O13/c1-13(2)10-20(41)48-27-23-21-18(40)11-17-12-19-26(47-19)29(42)33(17,6)24(21)28(45-15(4)38)31(46-16(5)39)34(23,7)22-14(3)30-37(49-30)35(8,25(22)27)36(9,44)32(43)50-37/h13-14,17-19,21-31,40,42,44H,10-12H2,1-9H3/t14-,17-,18-,19-,21?,22-,23+,24?,25-,26-,27+,28-,29-,30+,31-,33-,34+,35-,36+,37-/m0/s1. The number of carbonyl (C=O) groups is 4. The highest BCUT2D eigenvalue weighted by Crippen LogP contribution is 2.81. The van der Waals surface area contributed by atoms with E-state index in [4.69, 9.17) is 28.4 Å². The molecule has 20 atom stereocenters. The topological polar surface area (TPSA) is 191 Å². The van der Waals surface area contributed by atoms with E-state index in [9.17, 15) is 34.5 Å². The molecule has 13 nitrogen and oxygen atoms in total. The molecule has 278 valence electrons. The summed E-state index contributed by atoms with van der Waals surface area (Å²) in [6.07, 6.45) is -5.37. The number of esters is 4. The number of hydrogen-bond acceptors (Lipinski definition) is 13. The summed E-state index contributed by atoms with van der Waals surface area (Å²) in [6, 6.07) is 0. The lowest BCUT2D eigenvalue weighted by Gasteiger charge is -2.65. The molecule has 0 radical (unpaired) electrons. The number of hydrogen-bond donors (Lipinski definition) is 3. The van der Waals surface area contributed by atoms with Crippen molar-refractivity contribution in [2.45, 2.75) is 142 Å². The largest absolute Gasteiger partial charge is 0.462 e. The Hall–Kier alpha value is -2.32. The van der Waals surface area contributed by atoms with Crippen molar-refractivity contribution in [3.8, 4) is 0 Å². The smallest absolute Gasteiger partial charge is 0.341 e. The minimum atomic E-state index is -2.07. The molecule has 0 amide bonds. The number of fused-ring (bicyclic) bond motifs is 9. The minimum absolute atomic E-state index is 0.0426. The highest BCUT2D eigenvalue weighted by Gasteiger charge is 2.93. The summed E-state index contributed by atoms with van der Waals surface area (Å²) < 4.78 is 37.3. The van der Waals surface area contributed by atoms with Gasteiger partial charge in [-0.15, -0.1) is 0 Å². The van der Waals surface area contributed by atoms with Gasteiger partial charge in [-0.05, 0) is 56.3 Å². The van der Waals surface area contributed by atoms with Gasteiger partial charge < -0.3 is 43.7 Å². The number of aliphatic hydroxyl groups excluding tert-OH is 2. The first-order valence-electron chi connectivity index (χ1n) is 18.4. The Kier molecular flexibility index (Phi) is 7.24. The highest BCUT2D eigenvalue weighted by molar-refractivity contribution is 5.84. The molecular formula is C37H52O13. The van der Waals surface area contributed by atoms with Gasteiger partial charge in [0.2, 0.25) is 5.79 Å². The van der Waals surface area contributed by atoms with Crippen molar-refractivity contribution >= 4 is 23.9 Å². The van der Waals surface area contributed by atoms with Crippen LogP contribution < -0.4 is 0 Å². The molecule has 3 N–H and O–H groups in total. The first-order valence-corrected chi connectivity index (χ1v) is 18.4. The molecule has 8 fully saturated rings. The van der Waals surface area contributed by atoms with Crippen molar-refractivity contribution in [1.82, 2.24) is 0 Å². The summed E-state index contributed by atoms with van der Waals surface area (Å²) in [7, 11) is 0. The molecule has 50 heavy (non-hydrogen) atoms. The van der Waals surface area contributed by atoms with Gasteiger partial charge in [0.1, 0.15) is 30.5 Å². The first-order chi connectivity index (χ1) is 23.2. The fourth-order valence-electron chi connectivity index (χ4n) is 13.4. The van der Waals surface area contributed by atoms with Gasteiger partial charge in [0.25, 0.3) is 0 Å². The van der Waals surface area contributed by atoms with Crippen molar-refractivity contribution < 1.29 is 62.9 Å². The van der Waals surface area contributed by atoms with Crippen molar-refractivity contribution in [2.75, 3.05) is 0 Å². The van der Waals surface area contributed by atoms with Crippen LogP contribution in [0.1, 0.15) is 81.6 Å². The Labute approximate surface area is 292 Å². The lowest BCUT2D eigenvalue weighted by molar-refractivity contribution is -0.280. The second kappa shape index (κ2) is 10.4. The quantitative estimate of drug-likeness (QED) is 0.214. The van der Waals surface area contributed by atoms with E-state index in [0.29, 0.717) is 12.8 Å². The third kappa shape index (κ3) is 3.96. The Morgan fingerprint density at radius 3 is 2.16 bits per heavy atom. The monoisotopic (exact) mass is 704 g/mol. The predicted molar refractivity (Wildman–Crippen MR) is 169 cm³/mol. The molecule has 2 unspecified atom stereocenters. The van der Waals surface area contributed by atoms with Gasteiger partial charge >= 0.3 is 23.9 Å². The maximum absolute atomic E-state index is 13.9. The third-order valence-corrected chi connectivity index (χ3v) is 15.4. The summed E-state index contributed by atoms with van der Waals surface area (Å²) in [5.74, 6) is -8.21. The summed E-state index contributed by atoms with van der Waals surface area (Å²) in [5, 5.41) is 36.6. The summed E-state index contributed by atoms with van der Waals surface area (Å²) in [5.41, 5.74) is -5.63. The molecule has 13 heteroatoms. The van der Waals surface area contributed by atoms with Gasteiger partial charge in [-0.2, -0.15) is 0 Å². The summed E-state index contributed by atoms with van der Waals surface area (Å²) in [4.78, 5) is 53.6. The van der Waals surface area contributed by atoms with Gasteiger partial charge in [-0.25, -0.2) is 4.79 Å². The Morgan fingerprint density at radius 1 is 0.900 bits per heavy atom. The second-order valence-corrected chi connectivity index (χ2v) is 18.1. The van der Waals surface area contributed by atoms with Crippen LogP contribution in [-0.4, -0.2) is 99.4 Å². The zero-order valence-corrected chi connectivity index (χ0v) is 30.3. The van der Waals surface area contributed by atoms with Crippen molar-refractivity contribution in [1.29, 1.82) is 0 Å². The van der Waals surface area contributed by atoms with Crippen LogP contribution >= 0.6 is 0 Å². The minimum Gasteiger partial charge on any atom is -0.462 e. The van der Waals surface area contributed by atoms with Crippen molar-refractivity contribution in [2.24, 2.45) is 63.6 Å². The third-order valence-electron chi connectivity index (χ3n) is 15.4. The van der Waals surface area contributed by atoms with E-state index in [1.807, 2.05) is 34.6 Å². The van der Waals surface area contributed by atoms with Gasteiger partial charge in [0, 0.05) is 48.9 Å². The van der Waals surface area contributed by atoms with Crippen LogP contribution in [0.2, 0.25) is 0 Å². The Morgan fingerprint density at radius 2 is 1.54 bits per heavy atom. The molecule has 3 saturated heterocycles. The Balaban J connectivity index is 1.39. The fourth-order valence-corrected chi connectivity index (χ4v) is 13.4. The number of rotatable bonds is 5. The second-order valence-electron chi connectivity index (χ2n) is 18.1. The van der Waals surface area contributed by atoms with Crippen LogP contribution in [0.25, 0.3) is 0 Å². The molecule has 1 spiro atoms. The van der Waals surface area contributed by atoms with Gasteiger partial charge in [-0.3, -0.25) is 14.4 Å². The molecule has 5 aliphatic carbocycles. The average molecular weight is 705 g/mol. The molecule has 5 saturated carbocycles. The van der Waals surface area contributed by atoms with E-state index in [-0.39, 0.29) is 30.3 Å². The molecule has 3 aliphatic heterocycles. The molecule has 0 aromatic rings. The number of epoxide rings is 2. The van der Waals surface area contributed by atoms with Gasteiger partial charge in [-0.1, -0.05) is 34.6 Å². The van der Waals surface area contributed by atoms with Crippen molar-refractivity contribution in [3.05, 3.63) is 0 Å². The summed E-state index contributed by atoms with van der Waals surface area (Å²) in [6.45, 7) is 15.4. The zero-order chi connectivity index (χ0) is 36.4. The number of aliphatic hydroxyl groups is 3. The van der Waals surface area contributed by atoms with Crippen LogP contribution in [0.4, 0.5) is 0 Å². The normalized spacial score (nSPS) is 57.8. The molecule has 8 rings (SSSR count). The van der Waals surface area contributed by atoms with Gasteiger partial charge in [0.15, 0.2) is 5.60 Å². The Bertz CT molecular complexity index is 1530. The molecule has 0 bridgehead atoms. The highest BCUT2D eigenvalue weighted by atomic mass is 16.8. The maximum Gasteiger partial charge on any atom is 0.341 e. The SMILES string of the molecule is CC(=O)O[C@H]1C2C([C@@H]3[C@@H](OC(=O)CC(C)C)[C@@H]4[C@H]([C@H](C)[C@H]5O[C@]56OC(=O)[C@@](C)(O)[C@]46C)[C@@]3(C)[C@H]1OC(C)=O)[C@@H](O)C[C@H]1C[C@@H]3O[C@@H]3[C@H](O)[C@]21C. The van der Waals surface area contributed by atoms with E-state index in [0.717, 1.165) is 0 Å². The summed E-state index contributed by atoms with van der Waals surface area (Å²) >= 11 is 0. The predicted octanol–water partition coefficient (Wildman–Crippen LogP) is 1.90. The molecule has 0 aromatic heterocycles. The first kappa shape index (κ1) is 34.7. The fraction of sp³-hybridized carbons (Fsp3) is 0.892. The maximum atomic E-state index is 13.9. The van der Waals surface area contributed by atoms with E-state index in [2.05, 4.69) is 0 Å². The lowest BCUT2D eigenvalue weighted by atomic mass is 9.41. The molecule has 0 aromatic carbocycles. The average Bonchev–Trinajstić information content (AvgIpc) is 3.90. The van der Waals surface area contributed by atoms with E-state index in [1.165, 1.54) is 20.8 Å². The van der Waals surface area contributed by atoms with E-state index >= 15 is 0 Å². The van der Waals surface area contributed by atoms with Gasteiger partial charge in [0.05, 0.1) is 23.7 Å². The molecule has 3 heterocycles. The lowest BCUT2D eigenvalue weighted by Crippen LogP contribution is -2.72. The number of ether oxygens (including phenoxy) is 6. The van der Waals surface area contributed by atoms with E-state index in [1.54, 1.807) is 6.92 Å².